The fraction of sp³-hybridized carbons (Fsp3) is 0.786. The van der Waals surface area contributed by atoms with Crippen LogP contribution in [0.4, 0.5) is 0 Å². The van der Waals surface area contributed by atoms with Crippen molar-refractivity contribution in [2.45, 2.75) is 45.1 Å². The van der Waals surface area contributed by atoms with Crippen LogP contribution in [0.1, 0.15) is 54.3 Å². The molecule has 1 aromatic rings. The second kappa shape index (κ2) is 3.81. The standard InChI is InChI=1S/C14H19N3O2/c1-7-12(14(18)19)15-16-17(7)13-10-3-8-2-9(5-10)6-11(13)4-8/h8-11,13H,2-6H2,1H3,(H,18,19). The van der Waals surface area contributed by atoms with E-state index in [2.05, 4.69) is 10.3 Å². The summed E-state index contributed by atoms with van der Waals surface area (Å²) in [6, 6.07) is 0.397. The minimum absolute atomic E-state index is 0.119. The van der Waals surface area contributed by atoms with Gasteiger partial charge in [-0.05, 0) is 62.7 Å². The summed E-state index contributed by atoms with van der Waals surface area (Å²) in [5.74, 6) is 2.26. The van der Waals surface area contributed by atoms with E-state index in [-0.39, 0.29) is 5.69 Å². The molecule has 5 heteroatoms. The first-order chi connectivity index (χ1) is 9.13. The quantitative estimate of drug-likeness (QED) is 0.886. The molecule has 0 radical (unpaired) electrons. The molecule has 4 aliphatic carbocycles. The van der Waals surface area contributed by atoms with Crippen LogP contribution in [-0.4, -0.2) is 26.1 Å². The number of aromatic nitrogens is 3. The van der Waals surface area contributed by atoms with Gasteiger partial charge in [-0.1, -0.05) is 5.21 Å². The van der Waals surface area contributed by atoms with Crippen molar-refractivity contribution in [2.24, 2.45) is 23.7 Å². The molecule has 4 aliphatic rings. The summed E-state index contributed by atoms with van der Waals surface area (Å²) >= 11 is 0. The van der Waals surface area contributed by atoms with Gasteiger partial charge in [-0.25, -0.2) is 9.48 Å². The van der Waals surface area contributed by atoms with Crippen molar-refractivity contribution in [1.82, 2.24) is 15.0 Å². The Morgan fingerprint density at radius 3 is 2.21 bits per heavy atom. The fourth-order valence-electron chi connectivity index (χ4n) is 5.12. The second-order valence-corrected chi connectivity index (χ2v) is 6.69. The summed E-state index contributed by atoms with van der Waals surface area (Å²) in [6.45, 7) is 1.84. The summed E-state index contributed by atoms with van der Waals surface area (Å²) in [6.07, 6.45) is 6.65. The molecule has 4 fully saturated rings. The zero-order valence-corrected chi connectivity index (χ0v) is 11.1. The maximum atomic E-state index is 11.1. The Balaban J connectivity index is 1.71. The Kier molecular flexibility index (Phi) is 2.29. The van der Waals surface area contributed by atoms with Gasteiger partial charge in [-0.2, -0.15) is 0 Å². The van der Waals surface area contributed by atoms with Crippen molar-refractivity contribution < 1.29 is 9.90 Å². The molecular formula is C14H19N3O2. The van der Waals surface area contributed by atoms with Crippen molar-refractivity contribution in [3.05, 3.63) is 11.4 Å². The lowest BCUT2D eigenvalue weighted by Gasteiger charge is -2.54. The average molecular weight is 261 g/mol. The molecule has 0 atom stereocenters. The molecule has 0 spiro atoms. The maximum absolute atomic E-state index is 11.1. The van der Waals surface area contributed by atoms with Crippen molar-refractivity contribution in [3.63, 3.8) is 0 Å². The van der Waals surface area contributed by atoms with Crippen LogP contribution in [0.2, 0.25) is 0 Å². The minimum atomic E-state index is -0.965. The number of hydrogen-bond acceptors (Lipinski definition) is 3. The van der Waals surface area contributed by atoms with Crippen LogP contribution >= 0.6 is 0 Å². The SMILES string of the molecule is Cc1c(C(=O)O)nnn1C1C2CC3CC(C2)CC1C3. The molecule has 5 nitrogen and oxygen atoms in total. The lowest BCUT2D eigenvalue weighted by molar-refractivity contribution is -0.0350. The van der Waals surface area contributed by atoms with Gasteiger partial charge in [-0.3, -0.25) is 0 Å². The second-order valence-electron chi connectivity index (χ2n) is 6.69. The number of nitrogens with zero attached hydrogens (tertiary/aromatic N) is 3. The molecule has 4 saturated carbocycles. The summed E-state index contributed by atoms with van der Waals surface area (Å²) in [7, 11) is 0. The highest BCUT2D eigenvalue weighted by Gasteiger charge is 2.49. The number of carboxylic acid groups (broad SMARTS) is 1. The van der Waals surface area contributed by atoms with Crippen LogP contribution in [0.25, 0.3) is 0 Å². The molecule has 5 rings (SSSR count). The number of aromatic carboxylic acids is 1. The highest BCUT2D eigenvalue weighted by molar-refractivity contribution is 5.86. The molecular weight excluding hydrogens is 242 g/mol. The minimum Gasteiger partial charge on any atom is -0.476 e. The van der Waals surface area contributed by atoms with Crippen LogP contribution in [0.3, 0.4) is 0 Å². The monoisotopic (exact) mass is 261 g/mol. The van der Waals surface area contributed by atoms with Gasteiger partial charge < -0.3 is 5.11 Å². The van der Waals surface area contributed by atoms with Gasteiger partial charge >= 0.3 is 5.97 Å². The van der Waals surface area contributed by atoms with E-state index in [1.807, 2.05) is 11.6 Å². The first-order valence-electron chi connectivity index (χ1n) is 7.28. The normalized spacial score (nSPS) is 39.7. The third kappa shape index (κ3) is 1.56. The molecule has 1 N–H and O–H groups in total. The van der Waals surface area contributed by atoms with Gasteiger partial charge in [-0.15, -0.1) is 5.10 Å². The summed E-state index contributed by atoms with van der Waals surface area (Å²) in [4.78, 5) is 11.1. The topological polar surface area (TPSA) is 68.0 Å². The molecule has 0 aromatic carbocycles. The molecule has 1 heterocycles. The van der Waals surface area contributed by atoms with Crippen LogP contribution in [-0.2, 0) is 0 Å². The van der Waals surface area contributed by atoms with Crippen LogP contribution < -0.4 is 0 Å². The Morgan fingerprint density at radius 1 is 1.16 bits per heavy atom. The van der Waals surface area contributed by atoms with Gasteiger partial charge in [0.2, 0.25) is 0 Å². The molecule has 1 aromatic heterocycles. The van der Waals surface area contributed by atoms with Gasteiger partial charge in [0.25, 0.3) is 0 Å². The van der Waals surface area contributed by atoms with Gasteiger partial charge in [0, 0.05) is 0 Å². The van der Waals surface area contributed by atoms with Crippen LogP contribution in [0, 0.1) is 30.6 Å². The number of hydrogen-bond donors (Lipinski definition) is 1. The molecule has 19 heavy (non-hydrogen) atoms. The molecule has 0 amide bonds. The smallest absolute Gasteiger partial charge is 0.358 e. The molecule has 0 saturated heterocycles. The van der Waals surface area contributed by atoms with Gasteiger partial charge in [0.15, 0.2) is 5.69 Å². The number of rotatable bonds is 2. The summed E-state index contributed by atoms with van der Waals surface area (Å²) in [5.41, 5.74) is 0.846. The highest BCUT2D eigenvalue weighted by Crippen LogP contribution is 2.58. The molecule has 102 valence electrons. The first kappa shape index (κ1) is 11.4. The van der Waals surface area contributed by atoms with E-state index in [9.17, 15) is 4.79 Å². The Labute approximate surface area is 112 Å². The lowest BCUT2D eigenvalue weighted by Crippen LogP contribution is -2.46. The Bertz CT molecular complexity index is 509. The van der Waals surface area contributed by atoms with Gasteiger partial charge in [0.05, 0.1) is 11.7 Å². The van der Waals surface area contributed by atoms with E-state index < -0.39 is 5.97 Å². The van der Waals surface area contributed by atoms with E-state index in [1.165, 1.54) is 32.1 Å². The predicted octanol–water partition coefficient (Wildman–Crippen LogP) is 2.28. The Hall–Kier alpha value is -1.39. The van der Waals surface area contributed by atoms with E-state index in [0.717, 1.165) is 17.5 Å². The summed E-state index contributed by atoms with van der Waals surface area (Å²) < 4.78 is 1.93. The highest BCUT2D eigenvalue weighted by atomic mass is 16.4. The van der Waals surface area contributed by atoms with Crippen LogP contribution in [0.5, 0.6) is 0 Å². The molecule has 0 aliphatic heterocycles. The van der Waals surface area contributed by atoms with E-state index in [1.54, 1.807) is 0 Å². The van der Waals surface area contributed by atoms with Crippen molar-refractivity contribution in [3.8, 4) is 0 Å². The largest absolute Gasteiger partial charge is 0.476 e. The Morgan fingerprint density at radius 2 is 1.74 bits per heavy atom. The van der Waals surface area contributed by atoms with Gasteiger partial charge in [0.1, 0.15) is 0 Å². The van der Waals surface area contributed by atoms with E-state index in [0.29, 0.717) is 17.9 Å². The van der Waals surface area contributed by atoms with E-state index >= 15 is 0 Å². The number of carbonyl (C=O) groups is 1. The average Bonchev–Trinajstić information content (AvgIpc) is 2.70. The summed E-state index contributed by atoms with van der Waals surface area (Å²) in [5, 5.41) is 17.1. The van der Waals surface area contributed by atoms with E-state index in [4.69, 9.17) is 5.11 Å². The van der Waals surface area contributed by atoms with Crippen molar-refractivity contribution in [2.75, 3.05) is 0 Å². The van der Waals surface area contributed by atoms with Crippen LogP contribution in [0.15, 0.2) is 0 Å². The third-order valence-corrected chi connectivity index (χ3v) is 5.59. The van der Waals surface area contributed by atoms with Crippen molar-refractivity contribution >= 4 is 5.97 Å². The zero-order valence-electron chi connectivity index (χ0n) is 11.1. The fourth-order valence-corrected chi connectivity index (χ4v) is 5.12. The van der Waals surface area contributed by atoms with Crippen molar-refractivity contribution in [1.29, 1.82) is 0 Å². The third-order valence-electron chi connectivity index (χ3n) is 5.59. The first-order valence-corrected chi connectivity index (χ1v) is 7.28. The number of carboxylic acids is 1. The molecule has 0 unspecified atom stereocenters. The maximum Gasteiger partial charge on any atom is 0.358 e. The molecule has 4 bridgehead atoms. The zero-order chi connectivity index (χ0) is 13.1. The lowest BCUT2D eigenvalue weighted by atomic mass is 9.54. The predicted molar refractivity (Wildman–Crippen MR) is 67.8 cm³/mol.